The first-order valence-electron chi connectivity index (χ1n) is 9.29. The van der Waals surface area contributed by atoms with Gasteiger partial charge in [-0.1, -0.05) is 6.92 Å². The molecule has 3 aliphatic heterocycles. The maximum absolute atomic E-state index is 11.3. The maximum Gasteiger partial charge on any atom is 0.219 e. The fourth-order valence-electron chi connectivity index (χ4n) is 3.95. The van der Waals surface area contributed by atoms with E-state index >= 15 is 0 Å². The summed E-state index contributed by atoms with van der Waals surface area (Å²) in [4.78, 5) is 16.4. The topological polar surface area (TPSA) is 56.8 Å². The van der Waals surface area contributed by atoms with E-state index in [2.05, 4.69) is 20.4 Å². The van der Waals surface area contributed by atoms with E-state index in [9.17, 15) is 4.79 Å². The van der Waals surface area contributed by atoms with Crippen LogP contribution in [0.5, 0.6) is 0 Å². The zero-order chi connectivity index (χ0) is 16.1. The van der Waals surface area contributed by atoms with E-state index in [-0.39, 0.29) is 17.6 Å². The minimum absolute atomic E-state index is 0.118. The smallest absolute Gasteiger partial charge is 0.219 e. The molecule has 1 spiro atoms. The molecule has 0 aromatic carbocycles. The molecule has 0 aromatic heterocycles. The van der Waals surface area contributed by atoms with Crippen LogP contribution in [0.2, 0.25) is 0 Å². The van der Waals surface area contributed by atoms with Gasteiger partial charge in [-0.05, 0) is 12.8 Å². The van der Waals surface area contributed by atoms with E-state index in [1.165, 1.54) is 26.2 Å². The van der Waals surface area contributed by atoms with Crippen LogP contribution in [0.1, 0.15) is 32.6 Å². The van der Waals surface area contributed by atoms with Gasteiger partial charge in [0.15, 0.2) is 0 Å². The number of carbonyl (C=O) groups is 1. The predicted octanol–water partition coefficient (Wildman–Crippen LogP) is 0.0413. The molecule has 3 saturated heterocycles. The van der Waals surface area contributed by atoms with Crippen molar-refractivity contribution >= 4 is 5.91 Å². The Morgan fingerprint density at radius 2 is 1.78 bits per heavy atom. The Kier molecular flexibility index (Phi) is 5.91. The van der Waals surface area contributed by atoms with Gasteiger partial charge < -0.3 is 20.3 Å². The second-order valence-corrected chi connectivity index (χ2v) is 7.22. The first-order valence-corrected chi connectivity index (χ1v) is 9.29. The summed E-state index contributed by atoms with van der Waals surface area (Å²) in [5.41, 5.74) is 0.118. The molecule has 0 bridgehead atoms. The van der Waals surface area contributed by atoms with Gasteiger partial charge in [0.2, 0.25) is 5.91 Å². The van der Waals surface area contributed by atoms with Crippen LogP contribution in [0.3, 0.4) is 0 Å². The van der Waals surface area contributed by atoms with Crippen LogP contribution in [0.15, 0.2) is 0 Å². The van der Waals surface area contributed by atoms with Gasteiger partial charge in [0.1, 0.15) is 0 Å². The number of piperazine rings is 1. The fourth-order valence-corrected chi connectivity index (χ4v) is 3.95. The zero-order valence-electron chi connectivity index (χ0n) is 14.5. The summed E-state index contributed by atoms with van der Waals surface area (Å²) in [6.07, 6.45) is 4.19. The van der Waals surface area contributed by atoms with Crippen molar-refractivity contribution in [2.24, 2.45) is 0 Å². The van der Waals surface area contributed by atoms with Crippen LogP contribution >= 0.6 is 0 Å². The van der Waals surface area contributed by atoms with E-state index in [0.29, 0.717) is 13.0 Å². The molecule has 3 aliphatic rings. The third-order valence-corrected chi connectivity index (χ3v) is 5.57. The molecule has 1 unspecified atom stereocenters. The third kappa shape index (κ3) is 4.66. The first-order chi connectivity index (χ1) is 11.2. The second-order valence-electron chi connectivity index (χ2n) is 7.22. The van der Waals surface area contributed by atoms with Gasteiger partial charge in [0.25, 0.3) is 0 Å². The number of hydrogen-bond acceptors (Lipinski definition) is 5. The molecule has 3 heterocycles. The van der Waals surface area contributed by atoms with Crippen molar-refractivity contribution in [3.8, 4) is 0 Å². The summed E-state index contributed by atoms with van der Waals surface area (Å²) in [6, 6.07) is 0. The number of hydrogen-bond donors (Lipinski definition) is 2. The summed E-state index contributed by atoms with van der Waals surface area (Å²) in [5.74, 6) is 0.122. The van der Waals surface area contributed by atoms with Crippen molar-refractivity contribution in [1.82, 2.24) is 20.4 Å². The van der Waals surface area contributed by atoms with Gasteiger partial charge in [0, 0.05) is 71.7 Å². The average molecular weight is 324 g/mol. The Bertz CT molecular complexity index is 382. The van der Waals surface area contributed by atoms with Gasteiger partial charge in [-0.25, -0.2) is 0 Å². The van der Waals surface area contributed by atoms with Crippen molar-refractivity contribution in [2.75, 3.05) is 58.9 Å². The molecule has 0 aliphatic carbocycles. The van der Waals surface area contributed by atoms with Crippen LogP contribution in [-0.4, -0.2) is 86.3 Å². The highest BCUT2D eigenvalue weighted by Crippen LogP contribution is 2.40. The van der Waals surface area contributed by atoms with Crippen LogP contribution in [0.4, 0.5) is 0 Å². The normalized spacial score (nSPS) is 28.5. The standard InChI is InChI=1S/C17H32N4O2/c1-2-16(22)19-14-15-13-17(23-15)3-7-20(8-4-17)11-12-21-9-5-18-6-10-21/h15,18H,2-14H2,1H3,(H,19,22). The number of carbonyl (C=O) groups excluding carboxylic acids is 1. The van der Waals surface area contributed by atoms with Crippen molar-refractivity contribution < 1.29 is 9.53 Å². The Balaban J connectivity index is 1.29. The monoisotopic (exact) mass is 324 g/mol. The Hall–Kier alpha value is -0.690. The molecule has 6 nitrogen and oxygen atoms in total. The SMILES string of the molecule is CCC(=O)NCC1CC2(CCN(CCN3CCNCC3)CC2)O1. The highest BCUT2D eigenvalue weighted by Gasteiger charge is 2.46. The highest BCUT2D eigenvalue weighted by atomic mass is 16.5. The van der Waals surface area contributed by atoms with Gasteiger partial charge >= 0.3 is 0 Å². The molecule has 2 N–H and O–H groups in total. The van der Waals surface area contributed by atoms with Crippen molar-refractivity contribution in [2.45, 2.75) is 44.3 Å². The second kappa shape index (κ2) is 7.92. The Labute approximate surface area is 139 Å². The minimum Gasteiger partial charge on any atom is -0.370 e. The number of rotatable bonds is 6. The summed E-state index contributed by atoms with van der Waals surface area (Å²) in [6.45, 7) is 11.9. The minimum atomic E-state index is 0.118. The number of ether oxygens (including phenoxy) is 1. The Morgan fingerprint density at radius 3 is 2.39 bits per heavy atom. The summed E-state index contributed by atoms with van der Waals surface area (Å²) < 4.78 is 6.15. The van der Waals surface area contributed by atoms with Crippen molar-refractivity contribution in [3.05, 3.63) is 0 Å². The molecule has 1 atom stereocenters. The summed E-state index contributed by atoms with van der Waals surface area (Å²) >= 11 is 0. The number of likely N-dealkylation sites (tertiary alicyclic amines) is 1. The summed E-state index contributed by atoms with van der Waals surface area (Å²) in [7, 11) is 0. The predicted molar refractivity (Wildman–Crippen MR) is 90.5 cm³/mol. The highest BCUT2D eigenvalue weighted by molar-refractivity contribution is 5.75. The lowest BCUT2D eigenvalue weighted by Crippen LogP contribution is -2.59. The molecule has 23 heavy (non-hydrogen) atoms. The van der Waals surface area contributed by atoms with Gasteiger partial charge in [-0.3, -0.25) is 9.69 Å². The molecule has 1 amide bonds. The van der Waals surface area contributed by atoms with E-state index in [4.69, 9.17) is 4.74 Å². The average Bonchev–Trinajstić information content (AvgIpc) is 2.57. The lowest BCUT2D eigenvalue weighted by Gasteiger charge is -2.52. The van der Waals surface area contributed by atoms with Crippen LogP contribution in [-0.2, 0) is 9.53 Å². The lowest BCUT2D eigenvalue weighted by atomic mass is 9.80. The van der Waals surface area contributed by atoms with Gasteiger partial charge in [-0.15, -0.1) is 0 Å². The molecule has 6 heteroatoms. The van der Waals surface area contributed by atoms with Crippen LogP contribution in [0.25, 0.3) is 0 Å². The Morgan fingerprint density at radius 1 is 1.17 bits per heavy atom. The molecule has 3 rings (SSSR count). The molecule has 0 radical (unpaired) electrons. The molecular formula is C17H32N4O2. The summed E-state index contributed by atoms with van der Waals surface area (Å²) in [5, 5.41) is 6.34. The largest absolute Gasteiger partial charge is 0.370 e. The fraction of sp³-hybridized carbons (Fsp3) is 0.941. The first kappa shape index (κ1) is 17.1. The molecular weight excluding hydrogens is 292 g/mol. The third-order valence-electron chi connectivity index (χ3n) is 5.57. The van der Waals surface area contributed by atoms with E-state index in [1.54, 1.807) is 0 Å². The van der Waals surface area contributed by atoms with Crippen molar-refractivity contribution in [3.63, 3.8) is 0 Å². The number of amides is 1. The molecule has 3 fully saturated rings. The van der Waals surface area contributed by atoms with Crippen LogP contribution in [0, 0.1) is 0 Å². The van der Waals surface area contributed by atoms with E-state index in [0.717, 1.165) is 45.4 Å². The van der Waals surface area contributed by atoms with Gasteiger partial charge in [0.05, 0.1) is 11.7 Å². The number of piperidine rings is 1. The number of nitrogens with one attached hydrogen (secondary N) is 2. The van der Waals surface area contributed by atoms with Crippen molar-refractivity contribution in [1.29, 1.82) is 0 Å². The molecule has 0 aromatic rings. The van der Waals surface area contributed by atoms with E-state index in [1.807, 2.05) is 6.92 Å². The maximum atomic E-state index is 11.3. The number of nitrogens with zero attached hydrogens (tertiary/aromatic N) is 2. The van der Waals surface area contributed by atoms with Crippen LogP contribution < -0.4 is 10.6 Å². The van der Waals surface area contributed by atoms with E-state index < -0.39 is 0 Å². The lowest BCUT2D eigenvalue weighted by molar-refractivity contribution is -0.222. The quantitative estimate of drug-likeness (QED) is 0.723. The zero-order valence-corrected chi connectivity index (χ0v) is 14.5. The molecule has 132 valence electrons. The van der Waals surface area contributed by atoms with Gasteiger partial charge in [-0.2, -0.15) is 0 Å². The molecule has 0 saturated carbocycles.